The standard InChI is InChI=1S/C7H13NO2/c1-5-3-4-6(9)8(2)7(5)10/h5,7,10H,3-4H2,1-2H3/p+1. The molecule has 3 atom stereocenters. The van der Waals surface area contributed by atoms with Crippen molar-refractivity contribution in [3.8, 4) is 0 Å². The number of aliphatic hydroxyl groups excluding tert-OH is 1. The smallest absolute Gasteiger partial charge is 0.313 e. The number of carbonyl (C=O) groups excluding carboxylic acids is 1. The molecule has 0 spiro atoms. The molecule has 3 heteroatoms. The normalized spacial score (nSPS) is 41.9. The Labute approximate surface area is 60.6 Å². The van der Waals surface area contributed by atoms with Crippen molar-refractivity contribution in [2.75, 3.05) is 7.05 Å². The molecular formula is C7H14NO2+. The maximum atomic E-state index is 11.0. The SMILES string of the molecule is CC1CCC(=O)[NH+](C)C1O. The van der Waals surface area contributed by atoms with Crippen LogP contribution in [0.25, 0.3) is 0 Å². The lowest BCUT2D eigenvalue weighted by Crippen LogP contribution is -3.17. The van der Waals surface area contributed by atoms with Crippen LogP contribution in [0.3, 0.4) is 0 Å². The van der Waals surface area contributed by atoms with Gasteiger partial charge in [0.2, 0.25) is 0 Å². The van der Waals surface area contributed by atoms with E-state index in [1.54, 1.807) is 7.05 Å². The van der Waals surface area contributed by atoms with Gasteiger partial charge >= 0.3 is 5.91 Å². The van der Waals surface area contributed by atoms with Crippen molar-refractivity contribution in [1.82, 2.24) is 0 Å². The summed E-state index contributed by atoms with van der Waals surface area (Å²) >= 11 is 0. The van der Waals surface area contributed by atoms with Crippen molar-refractivity contribution in [3.05, 3.63) is 0 Å². The fraction of sp³-hybridized carbons (Fsp3) is 0.857. The predicted molar refractivity (Wildman–Crippen MR) is 36.3 cm³/mol. The number of quaternary nitrogens is 1. The lowest BCUT2D eigenvalue weighted by molar-refractivity contribution is -0.863. The van der Waals surface area contributed by atoms with E-state index < -0.39 is 6.23 Å². The summed E-state index contributed by atoms with van der Waals surface area (Å²) in [4.78, 5) is 11.6. The quantitative estimate of drug-likeness (QED) is 0.447. The van der Waals surface area contributed by atoms with Crippen molar-refractivity contribution in [2.24, 2.45) is 5.92 Å². The Morgan fingerprint density at radius 1 is 1.70 bits per heavy atom. The van der Waals surface area contributed by atoms with E-state index in [4.69, 9.17) is 0 Å². The van der Waals surface area contributed by atoms with Crippen LogP contribution in [0, 0.1) is 5.92 Å². The molecule has 0 radical (unpaired) electrons. The highest BCUT2D eigenvalue weighted by Crippen LogP contribution is 2.09. The van der Waals surface area contributed by atoms with Crippen molar-refractivity contribution in [2.45, 2.75) is 26.0 Å². The van der Waals surface area contributed by atoms with Gasteiger partial charge in [-0.25, -0.2) is 9.69 Å². The number of hydrogen-bond acceptors (Lipinski definition) is 2. The number of amides is 1. The van der Waals surface area contributed by atoms with Gasteiger partial charge in [-0.2, -0.15) is 0 Å². The van der Waals surface area contributed by atoms with Gasteiger partial charge in [-0.3, -0.25) is 0 Å². The number of carbonyl (C=O) groups is 1. The van der Waals surface area contributed by atoms with Crippen LogP contribution in [0.1, 0.15) is 19.8 Å². The first kappa shape index (κ1) is 7.69. The van der Waals surface area contributed by atoms with Crippen molar-refractivity contribution >= 4 is 5.91 Å². The Hall–Kier alpha value is -0.410. The van der Waals surface area contributed by atoms with E-state index in [2.05, 4.69) is 0 Å². The number of likely N-dealkylation sites (tertiary alicyclic amines) is 1. The predicted octanol–water partition coefficient (Wildman–Crippen LogP) is -1.22. The van der Waals surface area contributed by atoms with Gasteiger partial charge in [0.15, 0.2) is 6.23 Å². The molecule has 0 aliphatic carbocycles. The van der Waals surface area contributed by atoms with Crippen LogP contribution in [0.15, 0.2) is 0 Å². The van der Waals surface area contributed by atoms with Gasteiger partial charge < -0.3 is 5.11 Å². The minimum absolute atomic E-state index is 0.130. The van der Waals surface area contributed by atoms with Crippen LogP contribution in [0.4, 0.5) is 0 Å². The Balaban J connectivity index is 2.60. The molecule has 1 fully saturated rings. The van der Waals surface area contributed by atoms with Crippen molar-refractivity contribution < 1.29 is 14.8 Å². The minimum Gasteiger partial charge on any atom is -0.344 e. The van der Waals surface area contributed by atoms with Gasteiger partial charge in [-0.15, -0.1) is 0 Å². The highest BCUT2D eigenvalue weighted by atomic mass is 16.3. The van der Waals surface area contributed by atoms with E-state index in [0.29, 0.717) is 11.3 Å². The molecule has 1 saturated heterocycles. The van der Waals surface area contributed by atoms with Crippen LogP contribution in [0.2, 0.25) is 0 Å². The lowest BCUT2D eigenvalue weighted by Gasteiger charge is -2.27. The largest absolute Gasteiger partial charge is 0.344 e. The van der Waals surface area contributed by atoms with Crippen LogP contribution in [-0.2, 0) is 4.79 Å². The zero-order valence-electron chi connectivity index (χ0n) is 6.42. The molecule has 58 valence electrons. The van der Waals surface area contributed by atoms with Gasteiger partial charge in [-0.05, 0) is 6.42 Å². The highest BCUT2D eigenvalue weighted by molar-refractivity contribution is 5.67. The summed E-state index contributed by atoms with van der Waals surface area (Å²) < 4.78 is 0. The number of nitrogens with one attached hydrogen (secondary N) is 1. The molecular weight excluding hydrogens is 130 g/mol. The summed E-state index contributed by atoms with van der Waals surface area (Å²) in [5.41, 5.74) is 0. The maximum Gasteiger partial charge on any atom is 0.313 e. The second-order valence-electron chi connectivity index (χ2n) is 3.07. The Morgan fingerprint density at radius 3 is 2.80 bits per heavy atom. The van der Waals surface area contributed by atoms with Crippen LogP contribution in [0.5, 0.6) is 0 Å². The van der Waals surface area contributed by atoms with E-state index in [9.17, 15) is 9.90 Å². The molecule has 3 nitrogen and oxygen atoms in total. The Bertz CT molecular complexity index is 147. The summed E-state index contributed by atoms with van der Waals surface area (Å²) in [7, 11) is 1.72. The van der Waals surface area contributed by atoms with Crippen molar-refractivity contribution in [3.63, 3.8) is 0 Å². The molecule has 1 aliphatic heterocycles. The second-order valence-corrected chi connectivity index (χ2v) is 3.07. The summed E-state index contributed by atoms with van der Waals surface area (Å²) in [5.74, 6) is 0.392. The first-order chi connectivity index (χ1) is 4.63. The Morgan fingerprint density at radius 2 is 2.30 bits per heavy atom. The molecule has 1 heterocycles. The summed E-state index contributed by atoms with van der Waals surface area (Å²) in [6, 6.07) is 0. The number of hydrogen-bond donors (Lipinski definition) is 2. The molecule has 2 N–H and O–H groups in total. The molecule has 1 aliphatic rings. The average Bonchev–Trinajstić information content (AvgIpc) is 1.93. The number of piperidine rings is 1. The van der Waals surface area contributed by atoms with E-state index in [-0.39, 0.29) is 11.8 Å². The molecule has 0 saturated carbocycles. The molecule has 10 heavy (non-hydrogen) atoms. The average molecular weight is 144 g/mol. The lowest BCUT2D eigenvalue weighted by atomic mass is 9.98. The van der Waals surface area contributed by atoms with Gasteiger partial charge in [0.25, 0.3) is 0 Å². The van der Waals surface area contributed by atoms with Gasteiger partial charge in [0.05, 0.1) is 13.5 Å². The third-order valence-electron chi connectivity index (χ3n) is 2.25. The summed E-state index contributed by atoms with van der Waals surface area (Å²) in [5, 5.41) is 9.36. The zero-order valence-corrected chi connectivity index (χ0v) is 6.42. The van der Waals surface area contributed by atoms with Crippen LogP contribution >= 0.6 is 0 Å². The molecule has 0 aromatic carbocycles. The first-order valence-electron chi connectivity index (χ1n) is 3.67. The zero-order chi connectivity index (χ0) is 7.72. The number of rotatable bonds is 0. The summed E-state index contributed by atoms with van der Waals surface area (Å²) in [6.07, 6.45) is 0.961. The molecule has 0 bridgehead atoms. The summed E-state index contributed by atoms with van der Waals surface area (Å²) in [6.45, 7) is 1.97. The van der Waals surface area contributed by atoms with E-state index in [1.807, 2.05) is 6.92 Å². The Kier molecular flexibility index (Phi) is 2.06. The maximum absolute atomic E-state index is 11.0. The topological polar surface area (TPSA) is 41.7 Å². The third kappa shape index (κ3) is 1.20. The van der Waals surface area contributed by atoms with Crippen molar-refractivity contribution in [1.29, 1.82) is 0 Å². The second kappa shape index (κ2) is 2.68. The fourth-order valence-corrected chi connectivity index (χ4v) is 1.31. The highest BCUT2D eigenvalue weighted by Gasteiger charge is 2.33. The van der Waals surface area contributed by atoms with Crippen LogP contribution < -0.4 is 4.90 Å². The number of aliphatic hydroxyl groups is 1. The van der Waals surface area contributed by atoms with E-state index >= 15 is 0 Å². The monoisotopic (exact) mass is 144 g/mol. The minimum atomic E-state index is -0.485. The first-order valence-corrected chi connectivity index (χ1v) is 3.67. The molecule has 1 rings (SSSR count). The van der Waals surface area contributed by atoms with Gasteiger partial charge in [0.1, 0.15) is 0 Å². The molecule has 3 unspecified atom stereocenters. The van der Waals surface area contributed by atoms with E-state index in [0.717, 1.165) is 6.42 Å². The van der Waals surface area contributed by atoms with Crippen LogP contribution in [-0.4, -0.2) is 24.3 Å². The van der Waals surface area contributed by atoms with E-state index in [1.165, 1.54) is 0 Å². The fourth-order valence-electron chi connectivity index (χ4n) is 1.31. The molecule has 1 amide bonds. The molecule has 0 aromatic rings. The van der Waals surface area contributed by atoms with Gasteiger partial charge in [-0.1, -0.05) is 6.92 Å². The molecule has 0 aromatic heterocycles. The third-order valence-corrected chi connectivity index (χ3v) is 2.25. The van der Waals surface area contributed by atoms with Gasteiger partial charge in [0, 0.05) is 5.92 Å².